The molecule has 7 nitrogen and oxygen atoms in total. The maximum atomic E-state index is 13.1. The van der Waals surface area contributed by atoms with Crippen LogP contribution < -0.4 is 0 Å². The minimum absolute atomic E-state index is 0.0430. The molecule has 2 heterocycles. The molecular formula is C22H26ClN3O4S2. The molecule has 0 bridgehead atoms. The van der Waals surface area contributed by atoms with E-state index in [9.17, 15) is 18.0 Å². The Morgan fingerprint density at radius 2 is 1.75 bits per heavy atom. The number of carbonyl (C=O) groups is 2. The van der Waals surface area contributed by atoms with Crippen molar-refractivity contribution in [3.05, 3.63) is 57.3 Å². The van der Waals surface area contributed by atoms with E-state index in [1.807, 2.05) is 17.5 Å². The van der Waals surface area contributed by atoms with Crippen molar-refractivity contribution < 1.29 is 18.0 Å². The molecule has 10 heteroatoms. The van der Waals surface area contributed by atoms with Crippen molar-refractivity contribution >= 4 is 50.9 Å². The summed E-state index contributed by atoms with van der Waals surface area (Å²) in [6.45, 7) is 5.69. The molecule has 0 unspecified atom stereocenters. The molecule has 2 amide bonds. The maximum Gasteiger partial charge on any atom is 0.255 e. The lowest BCUT2D eigenvalue weighted by Crippen LogP contribution is -2.50. The molecule has 0 atom stereocenters. The van der Waals surface area contributed by atoms with Gasteiger partial charge in [-0.3, -0.25) is 9.59 Å². The molecule has 1 aliphatic heterocycles. The van der Waals surface area contributed by atoms with Crippen molar-refractivity contribution in [3.63, 3.8) is 0 Å². The molecule has 172 valence electrons. The predicted octanol–water partition coefficient (Wildman–Crippen LogP) is 3.43. The summed E-state index contributed by atoms with van der Waals surface area (Å²) in [5.41, 5.74) is 0.150. The molecule has 1 aliphatic rings. The second-order valence-corrected chi connectivity index (χ2v) is 10.5. The third-order valence-electron chi connectivity index (χ3n) is 5.32. The normalized spacial score (nSPS) is 15.0. The summed E-state index contributed by atoms with van der Waals surface area (Å²) in [6, 6.07) is 8.07. The zero-order valence-electron chi connectivity index (χ0n) is 18.0. The van der Waals surface area contributed by atoms with Crippen LogP contribution in [0.4, 0.5) is 0 Å². The van der Waals surface area contributed by atoms with Gasteiger partial charge in [-0.05, 0) is 35.7 Å². The van der Waals surface area contributed by atoms with Gasteiger partial charge >= 0.3 is 0 Å². The fraction of sp³-hybridized carbons (Fsp3) is 0.364. The SMILES string of the molecule is CCN(CC)S(=O)(=O)c1ccc(Cl)c(C(=O)N2CCN(C(=O)/C=C/c3cccs3)CC2)c1. The summed E-state index contributed by atoms with van der Waals surface area (Å²) < 4.78 is 27.0. The van der Waals surface area contributed by atoms with Gasteiger partial charge in [-0.2, -0.15) is 4.31 Å². The van der Waals surface area contributed by atoms with Gasteiger partial charge < -0.3 is 9.80 Å². The van der Waals surface area contributed by atoms with Crippen LogP contribution in [0.25, 0.3) is 6.08 Å². The molecule has 0 aliphatic carbocycles. The van der Waals surface area contributed by atoms with Crippen molar-refractivity contribution in [3.8, 4) is 0 Å². The molecule has 32 heavy (non-hydrogen) atoms. The molecule has 1 aromatic heterocycles. The van der Waals surface area contributed by atoms with Crippen molar-refractivity contribution in [2.24, 2.45) is 0 Å². The van der Waals surface area contributed by atoms with Gasteiger partial charge in [0.1, 0.15) is 0 Å². The van der Waals surface area contributed by atoms with Crippen molar-refractivity contribution in [2.75, 3.05) is 39.3 Å². The lowest BCUT2D eigenvalue weighted by molar-refractivity contribution is -0.127. The van der Waals surface area contributed by atoms with E-state index in [4.69, 9.17) is 11.6 Å². The fourth-order valence-corrected chi connectivity index (χ4v) is 5.79. The summed E-state index contributed by atoms with van der Waals surface area (Å²) in [5, 5.41) is 2.15. The number of carbonyl (C=O) groups excluding carboxylic acids is 2. The van der Waals surface area contributed by atoms with Crippen LogP contribution in [0.1, 0.15) is 29.1 Å². The molecule has 0 spiro atoms. The number of nitrogens with zero attached hydrogens (tertiary/aromatic N) is 3. The molecule has 1 saturated heterocycles. The summed E-state index contributed by atoms with van der Waals surface area (Å²) in [7, 11) is -3.71. The fourth-order valence-electron chi connectivity index (χ4n) is 3.49. The Hall–Kier alpha value is -2.20. The lowest BCUT2D eigenvalue weighted by atomic mass is 10.1. The zero-order chi connectivity index (χ0) is 23.3. The van der Waals surface area contributed by atoms with Gasteiger partial charge in [0.15, 0.2) is 0 Å². The summed E-state index contributed by atoms with van der Waals surface area (Å²) in [5.74, 6) is -0.441. The van der Waals surface area contributed by atoms with E-state index in [1.54, 1.807) is 47.1 Å². The van der Waals surface area contributed by atoms with Crippen molar-refractivity contribution in [1.82, 2.24) is 14.1 Å². The van der Waals surface area contributed by atoms with Crippen LogP contribution in [0.2, 0.25) is 5.02 Å². The van der Waals surface area contributed by atoms with Gasteiger partial charge in [0.05, 0.1) is 15.5 Å². The van der Waals surface area contributed by atoms with E-state index in [1.165, 1.54) is 22.5 Å². The van der Waals surface area contributed by atoms with E-state index in [2.05, 4.69) is 0 Å². The second kappa shape index (κ2) is 10.6. The average molecular weight is 496 g/mol. The number of amides is 2. The average Bonchev–Trinajstić information content (AvgIpc) is 3.31. The van der Waals surface area contributed by atoms with Crippen LogP contribution in [0.3, 0.4) is 0 Å². The topological polar surface area (TPSA) is 78.0 Å². The highest BCUT2D eigenvalue weighted by atomic mass is 35.5. The number of thiophene rings is 1. The Balaban J connectivity index is 1.69. The van der Waals surface area contributed by atoms with Gasteiger partial charge in [-0.25, -0.2) is 8.42 Å². The van der Waals surface area contributed by atoms with Crippen molar-refractivity contribution in [2.45, 2.75) is 18.7 Å². The molecule has 2 aromatic rings. The highest BCUT2D eigenvalue weighted by molar-refractivity contribution is 7.89. The first-order chi connectivity index (χ1) is 15.3. The Kier molecular flexibility index (Phi) is 8.10. The van der Waals surface area contributed by atoms with E-state index in [-0.39, 0.29) is 27.3 Å². The first kappa shape index (κ1) is 24.4. The van der Waals surface area contributed by atoms with Gasteiger partial charge in [0.25, 0.3) is 5.91 Å². The van der Waals surface area contributed by atoms with Crippen LogP contribution in [0.15, 0.2) is 46.7 Å². The number of hydrogen-bond acceptors (Lipinski definition) is 5. The number of sulfonamides is 1. The molecule has 1 aromatic carbocycles. The highest BCUT2D eigenvalue weighted by Gasteiger charge is 2.28. The predicted molar refractivity (Wildman–Crippen MR) is 127 cm³/mol. The third kappa shape index (κ3) is 5.40. The minimum atomic E-state index is -3.71. The van der Waals surface area contributed by atoms with Crippen LogP contribution in [0.5, 0.6) is 0 Å². The lowest BCUT2D eigenvalue weighted by Gasteiger charge is -2.34. The van der Waals surface area contributed by atoms with Crippen LogP contribution in [0, 0.1) is 0 Å². The van der Waals surface area contributed by atoms with Gasteiger partial charge in [0, 0.05) is 50.2 Å². The van der Waals surface area contributed by atoms with Gasteiger partial charge in [0.2, 0.25) is 15.9 Å². The van der Waals surface area contributed by atoms with Gasteiger partial charge in [-0.15, -0.1) is 11.3 Å². The third-order valence-corrected chi connectivity index (χ3v) is 8.54. The molecule has 0 saturated carbocycles. The summed E-state index contributed by atoms with van der Waals surface area (Å²) >= 11 is 7.80. The quantitative estimate of drug-likeness (QED) is 0.551. The first-order valence-corrected chi connectivity index (χ1v) is 13.1. The first-order valence-electron chi connectivity index (χ1n) is 10.4. The Bertz CT molecular complexity index is 1090. The number of piperazine rings is 1. The largest absolute Gasteiger partial charge is 0.336 e. The number of benzene rings is 1. The van der Waals surface area contributed by atoms with E-state index < -0.39 is 10.0 Å². The standard InChI is InChI=1S/C22H26ClN3O4S2/c1-3-26(4-2)32(29,30)18-8-9-20(23)19(16-18)22(28)25-13-11-24(12-14-25)21(27)10-7-17-6-5-15-31-17/h5-10,15-16H,3-4,11-14H2,1-2H3/b10-7+. The molecular weight excluding hydrogens is 470 g/mol. The van der Waals surface area contributed by atoms with Crippen LogP contribution in [-0.4, -0.2) is 73.6 Å². The second-order valence-electron chi connectivity index (χ2n) is 7.20. The number of rotatable bonds is 7. The molecule has 0 N–H and O–H groups in total. The van der Waals surface area contributed by atoms with Crippen LogP contribution in [-0.2, 0) is 14.8 Å². The number of hydrogen-bond donors (Lipinski definition) is 0. The molecule has 0 radical (unpaired) electrons. The zero-order valence-corrected chi connectivity index (χ0v) is 20.4. The minimum Gasteiger partial charge on any atom is -0.336 e. The van der Waals surface area contributed by atoms with E-state index in [0.29, 0.717) is 39.3 Å². The summed E-state index contributed by atoms with van der Waals surface area (Å²) in [6.07, 6.45) is 3.33. The monoisotopic (exact) mass is 495 g/mol. The maximum absolute atomic E-state index is 13.1. The molecule has 1 fully saturated rings. The smallest absolute Gasteiger partial charge is 0.255 e. The Morgan fingerprint density at radius 1 is 1.09 bits per heavy atom. The van der Waals surface area contributed by atoms with E-state index in [0.717, 1.165) is 4.88 Å². The van der Waals surface area contributed by atoms with Crippen LogP contribution >= 0.6 is 22.9 Å². The van der Waals surface area contributed by atoms with Gasteiger partial charge in [-0.1, -0.05) is 31.5 Å². The highest BCUT2D eigenvalue weighted by Crippen LogP contribution is 2.25. The summed E-state index contributed by atoms with van der Waals surface area (Å²) in [4.78, 5) is 29.8. The number of halogens is 1. The Morgan fingerprint density at radius 3 is 2.34 bits per heavy atom. The molecule has 3 rings (SSSR count). The van der Waals surface area contributed by atoms with Crippen molar-refractivity contribution in [1.29, 1.82) is 0 Å². The Labute approximate surface area is 197 Å². The van der Waals surface area contributed by atoms with E-state index >= 15 is 0 Å².